The van der Waals surface area contributed by atoms with Gasteiger partial charge in [0.15, 0.2) is 0 Å². The van der Waals surface area contributed by atoms with E-state index in [1.165, 1.54) is 25.9 Å². The van der Waals surface area contributed by atoms with Gasteiger partial charge in [-0.15, -0.1) is 12.4 Å². The number of benzene rings is 1. The van der Waals surface area contributed by atoms with Gasteiger partial charge in [-0.05, 0) is 63.0 Å². The summed E-state index contributed by atoms with van der Waals surface area (Å²) in [6.07, 6.45) is 5.16. The number of nitrogens with zero attached hydrogens (tertiary/aromatic N) is 2. The van der Waals surface area contributed by atoms with Gasteiger partial charge in [0, 0.05) is 31.1 Å². The van der Waals surface area contributed by atoms with Crippen molar-refractivity contribution in [2.45, 2.75) is 38.1 Å². The largest absolute Gasteiger partial charge is 0.493 e. The van der Waals surface area contributed by atoms with Crippen molar-refractivity contribution in [3.63, 3.8) is 0 Å². The van der Waals surface area contributed by atoms with E-state index in [9.17, 15) is 9.18 Å². The number of ether oxygens (including phenoxy) is 1. The molecule has 0 aliphatic carbocycles. The molecule has 0 saturated carbocycles. The van der Waals surface area contributed by atoms with E-state index in [-0.39, 0.29) is 25.0 Å². The highest BCUT2D eigenvalue weighted by Crippen LogP contribution is 2.23. The van der Waals surface area contributed by atoms with Crippen LogP contribution in [0, 0.1) is 0 Å². The van der Waals surface area contributed by atoms with Gasteiger partial charge in [-0.25, -0.2) is 0 Å². The lowest BCUT2D eigenvalue weighted by atomic mass is 10.1. The predicted molar refractivity (Wildman–Crippen MR) is 99.5 cm³/mol. The Morgan fingerprint density at radius 1 is 1.12 bits per heavy atom. The van der Waals surface area contributed by atoms with Gasteiger partial charge in [0.2, 0.25) is 0 Å². The number of carbonyl (C=O) groups is 1. The Morgan fingerprint density at radius 2 is 1.84 bits per heavy atom. The highest BCUT2D eigenvalue weighted by Gasteiger charge is 2.31. The van der Waals surface area contributed by atoms with Crippen molar-refractivity contribution in [1.82, 2.24) is 9.80 Å². The molecule has 1 atom stereocenters. The topological polar surface area (TPSA) is 32.8 Å². The number of hydrogen-bond donors (Lipinski definition) is 0. The van der Waals surface area contributed by atoms with Gasteiger partial charge in [0.1, 0.15) is 5.75 Å². The fourth-order valence-electron chi connectivity index (χ4n) is 3.66. The van der Waals surface area contributed by atoms with Crippen LogP contribution in [0.1, 0.15) is 42.5 Å². The molecular formula is C19H28ClFN2O2. The van der Waals surface area contributed by atoms with Gasteiger partial charge < -0.3 is 14.5 Å². The van der Waals surface area contributed by atoms with E-state index >= 15 is 0 Å². The average molecular weight is 371 g/mol. The zero-order chi connectivity index (χ0) is 16.8. The van der Waals surface area contributed by atoms with E-state index in [0.29, 0.717) is 30.4 Å². The highest BCUT2D eigenvalue weighted by molar-refractivity contribution is 5.94. The summed E-state index contributed by atoms with van der Waals surface area (Å²) in [6.45, 7) is 4.20. The zero-order valence-electron chi connectivity index (χ0n) is 14.7. The highest BCUT2D eigenvalue weighted by atomic mass is 35.5. The van der Waals surface area contributed by atoms with Crippen molar-refractivity contribution in [1.29, 1.82) is 0 Å². The third-order valence-electron chi connectivity index (χ3n) is 4.95. The minimum Gasteiger partial charge on any atom is -0.493 e. The molecule has 6 heteroatoms. The lowest BCUT2D eigenvalue weighted by Gasteiger charge is -2.28. The lowest BCUT2D eigenvalue weighted by molar-refractivity contribution is 0.0708. The number of halogens is 2. The molecule has 0 radical (unpaired) electrons. The SMILES string of the molecule is Cl.O=C(c1ccc(OCCCF)cc1)N1CCCC1CN1CCCC1. The van der Waals surface area contributed by atoms with Gasteiger partial charge in [0.05, 0.1) is 13.3 Å². The Morgan fingerprint density at radius 3 is 2.52 bits per heavy atom. The van der Waals surface area contributed by atoms with Crippen LogP contribution in [0.15, 0.2) is 24.3 Å². The number of likely N-dealkylation sites (tertiary alicyclic amines) is 2. The van der Waals surface area contributed by atoms with Crippen molar-refractivity contribution >= 4 is 18.3 Å². The third-order valence-corrected chi connectivity index (χ3v) is 4.95. The molecule has 140 valence electrons. The summed E-state index contributed by atoms with van der Waals surface area (Å²) >= 11 is 0. The molecule has 0 bridgehead atoms. The van der Waals surface area contributed by atoms with Crippen LogP contribution < -0.4 is 4.74 Å². The number of carbonyl (C=O) groups excluding carboxylic acids is 1. The fourth-order valence-corrected chi connectivity index (χ4v) is 3.66. The second kappa shape index (κ2) is 9.97. The summed E-state index contributed by atoms with van der Waals surface area (Å²) in [5, 5.41) is 0. The van der Waals surface area contributed by atoms with Crippen LogP contribution in [-0.2, 0) is 0 Å². The van der Waals surface area contributed by atoms with Gasteiger partial charge in [-0.2, -0.15) is 0 Å². The van der Waals surface area contributed by atoms with E-state index in [0.717, 1.165) is 25.9 Å². The van der Waals surface area contributed by atoms with Gasteiger partial charge >= 0.3 is 0 Å². The normalized spacial score (nSPS) is 20.5. The Hall–Kier alpha value is -1.33. The first-order chi connectivity index (χ1) is 11.8. The van der Waals surface area contributed by atoms with Crippen molar-refractivity contribution in [3.8, 4) is 5.75 Å². The molecule has 2 saturated heterocycles. The van der Waals surface area contributed by atoms with E-state index in [4.69, 9.17) is 4.74 Å². The second-order valence-electron chi connectivity index (χ2n) is 6.72. The number of amides is 1. The van der Waals surface area contributed by atoms with Crippen LogP contribution in [0.25, 0.3) is 0 Å². The minimum absolute atomic E-state index is 0. The molecule has 0 spiro atoms. The minimum atomic E-state index is -0.371. The molecule has 0 N–H and O–H groups in total. The van der Waals surface area contributed by atoms with E-state index in [1.54, 1.807) is 12.1 Å². The first-order valence-electron chi connectivity index (χ1n) is 9.10. The standard InChI is InChI=1S/C19H27FN2O2.ClH/c20-10-4-14-24-18-8-6-16(7-9-18)19(23)22-13-3-5-17(22)15-21-11-1-2-12-21;/h6-9,17H,1-5,10-15H2;1H. The molecule has 0 aromatic heterocycles. The van der Waals surface area contributed by atoms with Crippen LogP contribution in [0.3, 0.4) is 0 Å². The van der Waals surface area contributed by atoms with E-state index in [1.807, 2.05) is 17.0 Å². The smallest absolute Gasteiger partial charge is 0.254 e. The molecule has 1 amide bonds. The summed E-state index contributed by atoms with van der Waals surface area (Å²) in [7, 11) is 0. The molecule has 25 heavy (non-hydrogen) atoms. The summed E-state index contributed by atoms with van der Waals surface area (Å²) in [4.78, 5) is 17.3. The maximum Gasteiger partial charge on any atom is 0.254 e. The van der Waals surface area contributed by atoms with E-state index in [2.05, 4.69) is 4.90 Å². The lowest BCUT2D eigenvalue weighted by Crippen LogP contribution is -2.42. The van der Waals surface area contributed by atoms with Crippen molar-refractivity contribution in [3.05, 3.63) is 29.8 Å². The van der Waals surface area contributed by atoms with Crippen molar-refractivity contribution in [2.24, 2.45) is 0 Å². The monoisotopic (exact) mass is 370 g/mol. The summed E-state index contributed by atoms with van der Waals surface area (Å²) < 4.78 is 17.5. The Balaban J connectivity index is 0.00000225. The molecule has 1 aromatic carbocycles. The van der Waals surface area contributed by atoms with Gasteiger partial charge in [-0.1, -0.05) is 0 Å². The predicted octanol–water partition coefficient (Wildman–Crippen LogP) is 3.55. The molecule has 1 aromatic rings. The van der Waals surface area contributed by atoms with Crippen LogP contribution in [0.2, 0.25) is 0 Å². The van der Waals surface area contributed by atoms with Crippen molar-refractivity contribution < 1.29 is 13.9 Å². The first-order valence-corrected chi connectivity index (χ1v) is 9.10. The van der Waals surface area contributed by atoms with Crippen molar-refractivity contribution in [2.75, 3.05) is 39.5 Å². The molecule has 2 aliphatic heterocycles. The van der Waals surface area contributed by atoms with Crippen LogP contribution in [-0.4, -0.2) is 61.2 Å². The summed E-state index contributed by atoms with van der Waals surface area (Å²) in [5.74, 6) is 0.807. The second-order valence-corrected chi connectivity index (χ2v) is 6.72. The molecular weight excluding hydrogens is 343 g/mol. The molecule has 2 fully saturated rings. The molecule has 1 unspecified atom stereocenters. The zero-order valence-corrected chi connectivity index (χ0v) is 15.5. The number of alkyl halides is 1. The molecule has 3 rings (SSSR count). The summed E-state index contributed by atoms with van der Waals surface area (Å²) in [5.41, 5.74) is 0.709. The Labute approximate surface area is 155 Å². The van der Waals surface area contributed by atoms with Gasteiger partial charge in [-0.3, -0.25) is 9.18 Å². The van der Waals surface area contributed by atoms with Crippen LogP contribution >= 0.6 is 12.4 Å². The molecule has 4 nitrogen and oxygen atoms in total. The Kier molecular flexibility index (Phi) is 7.97. The molecule has 2 aliphatic rings. The number of hydrogen-bond acceptors (Lipinski definition) is 3. The average Bonchev–Trinajstić information content (AvgIpc) is 3.27. The van der Waals surface area contributed by atoms with Crippen LogP contribution in [0.4, 0.5) is 4.39 Å². The molecule has 2 heterocycles. The fraction of sp³-hybridized carbons (Fsp3) is 0.632. The van der Waals surface area contributed by atoms with E-state index < -0.39 is 0 Å². The third kappa shape index (κ3) is 5.32. The first kappa shape index (κ1) is 20.0. The van der Waals surface area contributed by atoms with Gasteiger partial charge in [0.25, 0.3) is 5.91 Å². The quantitative estimate of drug-likeness (QED) is 0.688. The maximum absolute atomic E-state index is 12.8. The summed E-state index contributed by atoms with van der Waals surface area (Å²) in [6, 6.07) is 7.58. The Bertz CT molecular complexity index is 535. The van der Waals surface area contributed by atoms with Crippen LogP contribution in [0.5, 0.6) is 5.75 Å². The maximum atomic E-state index is 12.8. The number of rotatable bonds is 7.